The summed E-state index contributed by atoms with van der Waals surface area (Å²) in [5.41, 5.74) is 5.62. The fourth-order valence-corrected chi connectivity index (χ4v) is 4.49. The van der Waals surface area contributed by atoms with Gasteiger partial charge >= 0.3 is 6.09 Å². The Bertz CT molecular complexity index is 1010. The van der Waals surface area contributed by atoms with Crippen LogP contribution in [-0.4, -0.2) is 52.3 Å². The number of aliphatic imine (C=N–C) groups is 1. The van der Waals surface area contributed by atoms with E-state index in [1.807, 2.05) is 27.7 Å². The first-order valence-electron chi connectivity index (χ1n) is 10.6. The lowest BCUT2D eigenvalue weighted by molar-refractivity contribution is 0.0427. The summed E-state index contributed by atoms with van der Waals surface area (Å²) in [6, 6.07) is 1.79. The molecule has 0 bridgehead atoms. The average molecular weight is 492 g/mol. The maximum absolute atomic E-state index is 12.2. The van der Waals surface area contributed by atoms with Crippen LogP contribution in [0.25, 0.3) is 0 Å². The van der Waals surface area contributed by atoms with Crippen LogP contribution in [-0.2, 0) is 4.74 Å². The first-order valence-corrected chi connectivity index (χ1v) is 11.8. The molecule has 1 saturated heterocycles. The number of hydrogen-bond acceptors (Lipinski definition) is 9. The second-order valence-electron chi connectivity index (χ2n) is 9.10. The molecule has 1 amide bonds. The number of nitrogens with two attached hydrogens (primary N) is 1. The number of alkyl carbamates (subject to hydrolysis) is 1. The largest absolute Gasteiger partial charge is 0.444 e. The first kappa shape index (κ1) is 24.9. The number of allylic oxidation sites excluding steroid dienone is 1. The second-order valence-corrected chi connectivity index (χ2v) is 10.6. The van der Waals surface area contributed by atoms with Gasteiger partial charge in [0.05, 0.1) is 21.9 Å². The van der Waals surface area contributed by atoms with Crippen LogP contribution in [0.1, 0.15) is 40.5 Å². The quantitative estimate of drug-likeness (QED) is 0.466. The molecule has 1 fully saturated rings. The van der Waals surface area contributed by atoms with Crippen molar-refractivity contribution in [3.63, 3.8) is 0 Å². The minimum atomic E-state index is -0.537. The summed E-state index contributed by atoms with van der Waals surface area (Å²) in [7, 11) is 0. The number of rotatable bonds is 4. The number of thioether (sulfide) groups is 1. The molecular formula is C22H30ClN7O2S. The highest BCUT2D eigenvalue weighted by molar-refractivity contribution is 8.03. The van der Waals surface area contributed by atoms with Crippen molar-refractivity contribution in [2.75, 3.05) is 18.8 Å². The molecule has 0 aliphatic carbocycles. The van der Waals surface area contributed by atoms with E-state index >= 15 is 0 Å². The van der Waals surface area contributed by atoms with Gasteiger partial charge in [0.15, 0.2) is 5.84 Å². The number of carbonyl (C=O) groups is 1. The summed E-state index contributed by atoms with van der Waals surface area (Å²) in [5, 5.41) is 15.1. The van der Waals surface area contributed by atoms with Gasteiger partial charge in [0, 0.05) is 35.9 Å². The van der Waals surface area contributed by atoms with Crippen LogP contribution < -0.4 is 16.4 Å². The zero-order valence-electron chi connectivity index (χ0n) is 19.2. The number of nitrogen functional groups attached to an aromatic ring is 1. The van der Waals surface area contributed by atoms with Crippen LogP contribution in [0.4, 0.5) is 10.6 Å². The number of ether oxygens (including phenoxy) is 1. The van der Waals surface area contributed by atoms with Gasteiger partial charge in [-0.05, 0) is 52.7 Å². The molecule has 5 N–H and O–H groups in total. The molecular weight excluding hydrogens is 462 g/mol. The van der Waals surface area contributed by atoms with Crippen molar-refractivity contribution < 1.29 is 9.53 Å². The van der Waals surface area contributed by atoms with Crippen molar-refractivity contribution in [1.29, 1.82) is 5.41 Å². The Kier molecular flexibility index (Phi) is 7.58. The SMILES string of the molecule is CC1(NC(=O)OC(C)(C)C)CCN(C2=NC=C(Sc3ccnc(N)c3Cl)N/C2=C\C=N)CC1. The predicted octanol–water partition coefficient (Wildman–Crippen LogP) is 4.12. The van der Waals surface area contributed by atoms with Crippen LogP contribution in [0, 0.1) is 5.41 Å². The first-order chi connectivity index (χ1) is 15.5. The van der Waals surface area contributed by atoms with Crippen molar-refractivity contribution in [2.45, 2.75) is 56.6 Å². The number of anilines is 1. The van der Waals surface area contributed by atoms with Crippen LogP contribution >= 0.6 is 23.4 Å². The summed E-state index contributed by atoms with van der Waals surface area (Å²) in [6.07, 6.45) is 7.30. The molecule has 178 valence electrons. The molecule has 0 radical (unpaired) electrons. The van der Waals surface area contributed by atoms with Gasteiger partial charge in [-0.25, -0.2) is 14.8 Å². The van der Waals surface area contributed by atoms with E-state index in [1.165, 1.54) is 18.0 Å². The number of aromatic nitrogens is 1. The highest BCUT2D eigenvalue weighted by Crippen LogP contribution is 2.35. The van der Waals surface area contributed by atoms with Crippen LogP contribution in [0.15, 0.2) is 45.2 Å². The van der Waals surface area contributed by atoms with E-state index in [9.17, 15) is 4.79 Å². The number of piperidine rings is 1. The van der Waals surface area contributed by atoms with Gasteiger partial charge in [-0.15, -0.1) is 0 Å². The molecule has 0 saturated carbocycles. The molecule has 1 aromatic rings. The highest BCUT2D eigenvalue weighted by atomic mass is 35.5. The summed E-state index contributed by atoms with van der Waals surface area (Å²) < 4.78 is 5.41. The molecule has 2 aliphatic rings. The van der Waals surface area contributed by atoms with Gasteiger partial charge in [0.25, 0.3) is 0 Å². The molecule has 0 unspecified atom stereocenters. The molecule has 0 spiro atoms. The van der Waals surface area contributed by atoms with Crippen LogP contribution in [0.5, 0.6) is 0 Å². The van der Waals surface area contributed by atoms with Crippen molar-refractivity contribution in [3.05, 3.63) is 40.3 Å². The monoisotopic (exact) mass is 491 g/mol. The number of nitrogens with one attached hydrogen (secondary N) is 3. The van der Waals surface area contributed by atoms with E-state index in [1.54, 1.807) is 24.5 Å². The Morgan fingerprint density at radius 2 is 2.12 bits per heavy atom. The zero-order chi connectivity index (χ0) is 24.2. The maximum Gasteiger partial charge on any atom is 0.408 e. The van der Waals surface area contributed by atoms with Gasteiger partial charge in [0.2, 0.25) is 0 Å². The summed E-state index contributed by atoms with van der Waals surface area (Å²) in [5.74, 6) is 1.02. The number of hydrogen-bond donors (Lipinski definition) is 4. The second kappa shape index (κ2) is 10.0. The number of likely N-dealkylation sites (tertiary alicyclic amines) is 1. The molecule has 33 heavy (non-hydrogen) atoms. The molecule has 3 heterocycles. The summed E-state index contributed by atoms with van der Waals surface area (Å²) >= 11 is 7.65. The Labute approximate surface area is 203 Å². The number of nitrogens with zero attached hydrogens (tertiary/aromatic N) is 3. The normalized spacial score (nSPS) is 19.3. The van der Waals surface area contributed by atoms with Gasteiger partial charge < -0.3 is 31.4 Å². The number of carbonyl (C=O) groups excluding carboxylic acids is 1. The fraction of sp³-hybridized carbons (Fsp3) is 0.455. The van der Waals surface area contributed by atoms with Gasteiger partial charge in [-0.2, -0.15) is 0 Å². The van der Waals surface area contributed by atoms with E-state index < -0.39 is 11.7 Å². The van der Waals surface area contributed by atoms with Gasteiger partial charge in [-0.3, -0.25) is 0 Å². The maximum atomic E-state index is 12.2. The average Bonchev–Trinajstić information content (AvgIpc) is 2.71. The third-order valence-electron chi connectivity index (χ3n) is 5.12. The standard InChI is InChI=1S/C22H30ClN7O2S/c1-21(2,3)32-20(31)29-22(4)7-11-30(12-8-22)19-14(5-9-24)28-16(13-27-19)33-15-6-10-26-18(25)17(15)23/h5-6,9-10,13,24,28H,7-8,11-12H2,1-4H3,(H2,25,26)(H,29,31)/b14-5-,24-9?. The molecule has 9 nitrogen and oxygen atoms in total. The highest BCUT2D eigenvalue weighted by Gasteiger charge is 2.35. The van der Waals surface area contributed by atoms with E-state index in [0.717, 1.165) is 34.3 Å². The molecule has 1 aromatic heterocycles. The van der Waals surface area contributed by atoms with Gasteiger partial charge in [-0.1, -0.05) is 23.4 Å². The van der Waals surface area contributed by atoms with Crippen molar-refractivity contribution in [1.82, 2.24) is 20.5 Å². The Morgan fingerprint density at radius 3 is 2.76 bits per heavy atom. The molecule has 0 aromatic carbocycles. The van der Waals surface area contributed by atoms with Crippen molar-refractivity contribution in [2.24, 2.45) is 4.99 Å². The summed E-state index contributed by atoms with van der Waals surface area (Å²) in [4.78, 5) is 23.8. The molecule has 11 heteroatoms. The summed E-state index contributed by atoms with van der Waals surface area (Å²) in [6.45, 7) is 8.97. The molecule has 2 aliphatic heterocycles. The van der Waals surface area contributed by atoms with Crippen molar-refractivity contribution in [3.8, 4) is 0 Å². The lowest BCUT2D eigenvalue weighted by Crippen LogP contribution is -2.55. The van der Waals surface area contributed by atoms with E-state index in [-0.39, 0.29) is 11.4 Å². The minimum Gasteiger partial charge on any atom is -0.444 e. The third kappa shape index (κ3) is 6.64. The van der Waals surface area contributed by atoms with Gasteiger partial charge in [0.1, 0.15) is 11.4 Å². The Hall–Kier alpha value is -2.72. The number of pyridine rings is 1. The van der Waals surface area contributed by atoms with E-state index in [0.29, 0.717) is 18.1 Å². The van der Waals surface area contributed by atoms with Crippen LogP contribution in [0.3, 0.4) is 0 Å². The predicted molar refractivity (Wildman–Crippen MR) is 134 cm³/mol. The van der Waals surface area contributed by atoms with Crippen molar-refractivity contribution >= 4 is 47.3 Å². The minimum absolute atomic E-state index is 0.272. The van der Waals surface area contributed by atoms with E-state index in [4.69, 9.17) is 27.5 Å². The third-order valence-corrected chi connectivity index (χ3v) is 6.62. The fourth-order valence-electron chi connectivity index (χ4n) is 3.44. The number of amidine groups is 1. The number of halogens is 1. The van der Waals surface area contributed by atoms with E-state index in [2.05, 4.69) is 25.5 Å². The Balaban J connectivity index is 1.69. The lowest BCUT2D eigenvalue weighted by atomic mass is 9.89. The number of amides is 1. The lowest BCUT2D eigenvalue weighted by Gasteiger charge is -2.42. The van der Waals surface area contributed by atoms with Crippen LogP contribution in [0.2, 0.25) is 5.02 Å². The smallest absolute Gasteiger partial charge is 0.408 e. The zero-order valence-corrected chi connectivity index (χ0v) is 20.8. The topological polar surface area (TPSA) is 129 Å². The Morgan fingerprint density at radius 1 is 1.42 bits per heavy atom. The molecule has 3 rings (SSSR count). The molecule has 0 atom stereocenters.